The summed E-state index contributed by atoms with van der Waals surface area (Å²) in [5, 5.41) is 20.5. The van der Waals surface area contributed by atoms with Crippen molar-refractivity contribution in [2.75, 3.05) is 11.9 Å². The molecule has 0 saturated carbocycles. The van der Waals surface area contributed by atoms with Crippen molar-refractivity contribution >= 4 is 21.7 Å². The van der Waals surface area contributed by atoms with Crippen LogP contribution in [0.1, 0.15) is 43.1 Å². The molecule has 0 saturated heterocycles. The van der Waals surface area contributed by atoms with Crippen molar-refractivity contribution in [1.29, 1.82) is 0 Å². The van der Waals surface area contributed by atoms with Crippen molar-refractivity contribution in [1.82, 2.24) is 20.2 Å². The lowest BCUT2D eigenvalue weighted by Gasteiger charge is -2.29. The minimum Gasteiger partial charge on any atom is -0.394 e. The topological polar surface area (TPSA) is 86.7 Å². The number of nitrogens with zero attached hydrogens (tertiary/aromatic N) is 3. The Morgan fingerprint density at radius 2 is 2.14 bits per heavy atom. The van der Waals surface area contributed by atoms with Crippen molar-refractivity contribution in [2.45, 2.75) is 39.2 Å². The third-order valence-electron chi connectivity index (χ3n) is 5.36. The summed E-state index contributed by atoms with van der Waals surface area (Å²) in [7, 11) is 0. The monoisotopic (exact) mass is 459 g/mol. The van der Waals surface area contributed by atoms with Crippen LogP contribution < -0.4 is 5.32 Å². The van der Waals surface area contributed by atoms with E-state index in [1.54, 1.807) is 18.5 Å². The van der Waals surface area contributed by atoms with E-state index in [2.05, 4.69) is 55.3 Å². The van der Waals surface area contributed by atoms with Crippen molar-refractivity contribution in [3.63, 3.8) is 0 Å². The van der Waals surface area contributed by atoms with Crippen LogP contribution in [0.2, 0.25) is 0 Å². The standard InChI is InChI=1S/C21H23BrFN5O/c1-21(2)4-3-15-16(8-21)27-28-20(15)12-6-18(23)26-19(7-12)25-17(11-29)13-5-14(22)10-24-9-13/h5-7,9-10,17,29H,3-4,8,11H2,1-2H3,(H,25,26)(H,27,28). The molecule has 1 aliphatic carbocycles. The minimum absolute atomic E-state index is 0.182. The number of halogens is 2. The third-order valence-corrected chi connectivity index (χ3v) is 5.79. The zero-order valence-corrected chi connectivity index (χ0v) is 17.9. The number of nitrogens with one attached hydrogen (secondary N) is 2. The molecule has 1 unspecified atom stereocenters. The molecule has 3 aromatic heterocycles. The highest BCUT2D eigenvalue weighted by molar-refractivity contribution is 9.10. The van der Waals surface area contributed by atoms with Gasteiger partial charge >= 0.3 is 0 Å². The Hall–Kier alpha value is -2.32. The number of pyridine rings is 2. The number of hydrogen-bond acceptors (Lipinski definition) is 5. The molecule has 1 aliphatic rings. The molecular formula is C21H23BrFN5O. The van der Waals surface area contributed by atoms with Crippen molar-refractivity contribution < 1.29 is 9.50 Å². The summed E-state index contributed by atoms with van der Waals surface area (Å²) < 4.78 is 15.1. The molecule has 8 heteroatoms. The fourth-order valence-electron chi connectivity index (χ4n) is 3.83. The van der Waals surface area contributed by atoms with Crippen LogP contribution in [0.4, 0.5) is 10.2 Å². The van der Waals surface area contributed by atoms with E-state index in [0.29, 0.717) is 11.4 Å². The lowest BCUT2D eigenvalue weighted by atomic mass is 9.76. The molecule has 4 rings (SSSR count). The van der Waals surface area contributed by atoms with E-state index < -0.39 is 12.0 Å². The van der Waals surface area contributed by atoms with Crippen LogP contribution in [-0.2, 0) is 12.8 Å². The van der Waals surface area contributed by atoms with Crippen molar-refractivity contribution in [2.24, 2.45) is 5.41 Å². The molecule has 0 radical (unpaired) electrons. The zero-order chi connectivity index (χ0) is 20.6. The molecule has 0 spiro atoms. The maximum Gasteiger partial charge on any atom is 0.215 e. The van der Waals surface area contributed by atoms with Gasteiger partial charge in [0, 0.05) is 39.8 Å². The van der Waals surface area contributed by atoms with Gasteiger partial charge in [-0.25, -0.2) is 4.98 Å². The van der Waals surface area contributed by atoms with Gasteiger partial charge in [-0.1, -0.05) is 13.8 Å². The summed E-state index contributed by atoms with van der Waals surface area (Å²) in [4.78, 5) is 8.08. The highest BCUT2D eigenvalue weighted by Gasteiger charge is 2.29. The van der Waals surface area contributed by atoms with E-state index in [0.717, 1.165) is 46.2 Å². The van der Waals surface area contributed by atoms with E-state index in [9.17, 15) is 9.50 Å². The molecule has 6 nitrogen and oxygen atoms in total. The maximum absolute atomic E-state index is 14.3. The summed E-state index contributed by atoms with van der Waals surface area (Å²) in [6, 6.07) is 4.56. The number of aromatic nitrogens is 4. The van der Waals surface area contributed by atoms with Crippen LogP contribution in [0.15, 0.2) is 35.1 Å². The molecule has 0 bridgehead atoms. The number of anilines is 1. The highest BCUT2D eigenvalue weighted by atomic mass is 79.9. The summed E-state index contributed by atoms with van der Waals surface area (Å²) in [6.45, 7) is 4.31. The predicted octanol–water partition coefficient (Wildman–Crippen LogP) is 4.43. The van der Waals surface area contributed by atoms with Crippen LogP contribution in [0, 0.1) is 11.4 Å². The first kappa shape index (κ1) is 20.0. The Morgan fingerprint density at radius 3 is 2.90 bits per heavy atom. The lowest BCUT2D eigenvalue weighted by molar-refractivity contribution is 0.276. The van der Waals surface area contributed by atoms with Crippen molar-refractivity contribution in [3.8, 4) is 11.3 Å². The van der Waals surface area contributed by atoms with Gasteiger partial charge in [0.05, 0.1) is 18.3 Å². The first-order valence-corrected chi connectivity index (χ1v) is 10.4. The second kappa shape index (κ2) is 7.84. The van der Waals surface area contributed by atoms with Gasteiger partial charge in [-0.05, 0) is 58.3 Å². The third kappa shape index (κ3) is 4.33. The van der Waals surface area contributed by atoms with Crippen LogP contribution in [0.25, 0.3) is 11.3 Å². The predicted molar refractivity (Wildman–Crippen MR) is 113 cm³/mol. The Morgan fingerprint density at radius 1 is 1.31 bits per heavy atom. The molecule has 3 aromatic rings. The van der Waals surface area contributed by atoms with Gasteiger partial charge in [-0.15, -0.1) is 0 Å². The second-order valence-electron chi connectivity index (χ2n) is 8.25. The first-order valence-electron chi connectivity index (χ1n) is 9.56. The summed E-state index contributed by atoms with van der Waals surface area (Å²) in [5.74, 6) is -0.256. The van der Waals surface area contributed by atoms with Gasteiger partial charge < -0.3 is 10.4 Å². The molecule has 0 aliphatic heterocycles. The van der Waals surface area contributed by atoms with Gasteiger partial charge in [-0.3, -0.25) is 10.1 Å². The Labute approximate surface area is 177 Å². The SMILES string of the molecule is CC1(C)CCc2c(-c3cc(F)nc(NC(CO)c4cncc(Br)c4)c3)n[nH]c2C1. The summed E-state index contributed by atoms with van der Waals surface area (Å²) >= 11 is 3.38. The van der Waals surface area contributed by atoms with Crippen LogP contribution >= 0.6 is 15.9 Å². The summed E-state index contributed by atoms with van der Waals surface area (Å²) in [6.07, 6.45) is 6.22. The molecule has 29 heavy (non-hydrogen) atoms. The lowest BCUT2D eigenvalue weighted by Crippen LogP contribution is -2.21. The number of aromatic amines is 1. The van der Waals surface area contributed by atoms with E-state index in [1.807, 2.05) is 6.07 Å². The number of hydrogen-bond donors (Lipinski definition) is 3. The molecule has 152 valence electrons. The van der Waals surface area contributed by atoms with Crippen LogP contribution in [0.5, 0.6) is 0 Å². The fourth-order valence-corrected chi connectivity index (χ4v) is 4.21. The van der Waals surface area contributed by atoms with E-state index in [4.69, 9.17) is 0 Å². The highest BCUT2D eigenvalue weighted by Crippen LogP contribution is 2.38. The second-order valence-corrected chi connectivity index (χ2v) is 9.17. The summed E-state index contributed by atoms with van der Waals surface area (Å²) in [5.41, 5.74) is 4.71. The smallest absolute Gasteiger partial charge is 0.215 e. The number of aliphatic hydroxyl groups excluding tert-OH is 1. The molecule has 1 atom stereocenters. The Balaban J connectivity index is 1.64. The van der Waals surface area contributed by atoms with Gasteiger partial charge in [0.25, 0.3) is 0 Å². The Bertz CT molecular complexity index is 1040. The number of rotatable bonds is 5. The van der Waals surface area contributed by atoms with Crippen LogP contribution in [-0.4, -0.2) is 31.9 Å². The molecular weight excluding hydrogens is 437 g/mol. The normalized spacial score (nSPS) is 16.3. The van der Waals surface area contributed by atoms with Crippen molar-refractivity contribution in [3.05, 3.63) is 57.8 Å². The van der Waals surface area contributed by atoms with E-state index in [-0.39, 0.29) is 12.0 Å². The first-order chi connectivity index (χ1) is 13.8. The number of aliphatic hydroxyl groups is 1. The molecule has 0 amide bonds. The largest absolute Gasteiger partial charge is 0.394 e. The average Bonchev–Trinajstić information content (AvgIpc) is 3.07. The molecule has 3 heterocycles. The van der Waals surface area contributed by atoms with E-state index in [1.165, 1.54) is 6.07 Å². The quantitative estimate of drug-likeness (QED) is 0.491. The van der Waals surface area contributed by atoms with Gasteiger partial charge in [0.2, 0.25) is 5.95 Å². The molecule has 0 fully saturated rings. The molecule has 0 aromatic carbocycles. The molecule has 3 N–H and O–H groups in total. The average molecular weight is 460 g/mol. The van der Waals surface area contributed by atoms with Gasteiger partial charge in [0.15, 0.2) is 0 Å². The fraction of sp³-hybridized carbons (Fsp3) is 0.381. The van der Waals surface area contributed by atoms with E-state index >= 15 is 0 Å². The zero-order valence-electron chi connectivity index (χ0n) is 16.3. The number of H-pyrrole nitrogens is 1. The number of fused-ring (bicyclic) bond motifs is 1. The maximum atomic E-state index is 14.3. The van der Waals surface area contributed by atoms with Gasteiger partial charge in [0.1, 0.15) is 5.82 Å². The van der Waals surface area contributed by atoms with Gasteiger partial charge in [-0.2, -0.15) is 9.49 Å². The Kier molecular flexibility index (Phi) is 5.40. The minimum atomic E-state index is -0.595. The van der Waals surface area contributed by atoms with Crippen LogP contribution in [0.3, 0.4) is 0 Å².